The second-order valence-corrected chi connectivity index (χ2v) is 4.62. The molecular weight excluding hydrogens is 182 g/mol. The number of amides is 1. The zero-order chi connectivity index (χ0) is 9.19. The van der Waals surface area contributed by atoms with Crippen LogP contribution in [0, 0.1) is 0 Å². The molecule has 0 aliphatic carbocycles. The highest BCUT2D eigenvalue weighted by Crippen LogP contribution is 2.13. The van der Waals surface area contributed by atoms with E-state index in [0.29, 0.717) is 6.42 Å². The maximum absolute atomic E-state index is 11.2. The van der Waals surface area contributed by atoms with Crippen LogP contribution in [0.1, 0.15) is 12.8 Å². The Balaban J connectivity index is 2.81. The second kappa shape index (κ2) is 3.40. The van der Waals surface area contributed by atoms with Crippen LogP contribution in [0.2, 0.25) is 0 Å². The van der Waals surface area contributed by atoms with E-state index in [9.17, 15) is 13.2 Å². The second-order valence-electron chi connectivity index (χ2n) is 2.61. The molecule has 6 heteroatoms. The zero-order valence-corrected chi connectivity index (χ0v) is 7.38. The van der Waals surface area contributed by atoms with Gasteiger partial charge in [-0.05, 0) is 6.42 Å². The molecule has 0 bridgehead atoms. The molecule has 0 aromatic carbocycles. The number of β-amino-alcohol motifs (C(OH)–C–C–N with tert-alkyl or cyclic N) is 1. The summed E-state index contributed by atoms with van der Waals surface area (Å²) in [4.78, 5) is 11.0. The Morgan fingerprint density at radius 3 is 2.67 bits per heavy atom. The van der Waals surface area contributed by atoms with E-state index in [1.807, 2.05) is 0 Å². The van der Waals surface area contributed by atoms with Gasteiger partial charge in [0.15, 0.2) is 0 Å². The molecule has 0 aromatic rings. The molecule has 0 atom stereocenters. The van der Waals surface area contributed by atoms with E-state index in [-0.39, 0.29) is 25.3 Å². The average Bonchev–Trinajstić information content (AvgIpc) is 1.97. The summed E-state index contributed by atoms with van der Waals surface area (Å²) >= 11 is 0. The molecule has 1 N–H and O–H groups in total. The predicted molar refractivity (Wildman–Crippen MR) is 41.8 cm³/mol. The van der Waals surface area contributed by atoms with Gasteiger partial charge in [0.25, 0.3) is 0 Å². The van der Waals surface area contributed by atoms with Crippen molar-refractivity contribution in [3.05, 3.63) is 0 Å². The molecule has 0 aromatic heterocycles. The molecule has 0 spiro atoms. The molecule has 1 amide bonds. The van der Waals surface area contributed by atoms with Gasteiger partial charge in [-0.3, -0.25) is 4.79 Å². The van der Waals surface area contributed by atoms with Crippen molar-refractivity contribution in [2.45, 2.75) is 12.8 Å². The molecule has 12 heavy (non-hydrogen) atoms. The van der Waals surface area contributed by atoms with E-state index < -0.39 is 15.9 Å². The lowest BCUT2D eigenvalue weighted by Gasteiger charge is -2.25. The summed E-state index contributed by atoms with van der Waals surface area (Å²) in [7, 11) is -3.41. The molecule has 1 aliphatic heterocycles. The van der Waals surface area contributed by atoms with Gasteiger partial charge in [-0.2, -0.15) is 0 Å². The molecule has 5 nitrogen and oxygen atoms in total. The lowest BCUT2D eigenvalue weighted by atomic mass is 10.3. The van der Waals surface area contributed by atoms with Crippen molar-refractivity contribution < 1.29 is 18.3 Å². The van der Waals surface area contributed by atoms with Crippen LogP contribution in [0.25, 0.3) is 0 Å². The molecule has 0 saturated carbocycles. The van der Waals surface area contributed by atoms with Gasteiger partial charge in [-0.15, -0.1) is 0 Å². The number of sulfonamides is 1. The smallest absolute Gasteiger partial charge is 0.237 e. The molecule has 1 aliphatic rings. The van der Waals surface area contributed by atoms with E-state index in [0.717, 1.165) is 4.31 Å². The van der Waals surface area contributed by atoms with Crippen LogP contribution in [-0.2, 0) is 14.8 Å². The Morgan fingerprint density at radius 2 is 2.17 bits per heavy atom. The monoisotopic (exact) mass is 193 g/mol. The Hall–Kier alpha value is -0.620. The molecule has 0 unspecified atom stereocenters. The first-order valence-corrected chi connectivity index (χ1v) is 5.33. The van der Waals surface area contributed by atoms with Crippen LogP contribution in [-0.4, -0.2) is 42.6 Å². The van der Waals surface area contributed by atoms with Gasteiger partial charge < -0.3 is 5.11 Å². The van der Waals surface area contributed by atoms with E-state index in [2.05, 4.69) is 0 Å². The highest BCUT2D eigenvalue weighted by Gasteiger charge is 2.30. The van der Waals surface area contributed by atoms with Crippen molar-refractivity contribution in [1.82, 2.24) is 4.31 Å². The van der Waals surface area contributed by atoms with Gasteiger partial charge in [0.1, 0.15) is 0 Å². The number of carbonyl (C=O) groups excluding carboxylic acids is 1. The summed E-state index contributed by atoms with van der Waals surface area (Å²) < 4.78 is 23.1. The molecule has 1 heterocycles. The maximum atomic E-state index is 11.2. The molecule has 0 radical (unpaired) electrons. The lowest BCUT2D eigenvalue weighted by molar-refractivity contribution is -0.127. The van der Waals surface area contributed by atoms with Gasteiger partial charge >= 0.3 is 0 Å². The van der Waals surface area contributed by atoms with Crippen molar-refractivity contribution in [2.75, 3.05) is 18.9 Å². The highest BCUT2D eigenvalue weighted by molar-refractivity contribution is 7.89. The van der Waals surface area contributed by atoms with E-state index in [1.54, 1.807) is 0 Å². The number of aliphatic hydroxyl groups is 1. The fourth-order valence-corrected chi connectivity index (χ4v) is 2.64. The Morgan fingerprint density at radius 1 is 1.50 bits per heavy atom. The summed E-state index contributed by atoms with van der Waals surface area (Å²) in [6, 6.07) is 0. The van der Waals surface area contributed by atoms with Gasteiger partial charge in [-0.25, -0.2) is 12.7 Å². The third-order valence-corrected chi connectivity index (χ3v) is 3.57. The largest absolute Gasteiger partial charge is 0.394 e. The first-order valence-electron chi connectivity index (χ1n) is 3.72. The van der Waals surface area contributed by atoms with Crippen molar-refractivity contribution in [3.63, 3.8) is 0 Å². The summed E-state index contributed by atoms with van der Waals surface area (Å²) in [5.41, 5.74) is 0. The third-order valence-electron chi connectivity index (χ3n) is 1.71. The molecule has 1 rings (SSSR count). The number of aliphatic hydroxyl groups excluding tert-OH is 1. The molecule has 70 valence electrons. The quantitative estimate of drug-likeness (QED) is 0.606. The standard InChI is InChI=1S/C6H11NO4S/c8-4-3-7-6(9)2-1-5-12(7,10)11/h8H,1-5H2. The summed E-state index contributed by atoms with van der Waals surface area (Å²) in [5, 5.41) is 8.51. The van der Waals surface area contributed by atoms with Gasteiger partial charge in [0, 0.05) is 6.42 Å². The summed E-state index contributed by atoms with van der Waals surface area (Å²) in [5.74, 6) is -0.394. The first kappa shape index (κ1) is 9.47. The van der Waals surface area contributed by atoms with Crippen LogP contribution < -0.4 is 0 Å². The SMILES string of the molecule is O=C1CCCS(=O)(=O)N1CCO. The van der Waals surface area contributed by atoms with Gasteiger partial charge in [0.2, 0.25) is 15.9 Å². The molecule has 1 saturated heterocycles. The molecule has 1 fully saturated rings. The van der Waals surface area contributed by atoms with E-state index in [1.165, 1.54) is 0 Å². The molecular formula is C6H11NO4S. The van der Waals surface area contributed by atoms with Crippen LogP contribution in [0.5, 0.6) is 0 Å². The number of hydrogen-bond acceptors (Lipinski definition) is 4. The van der Waals surface area contributed by atoms with Crippen molar-refractivity contribution in [1.29, 1.82) is 0 Å². The topological polar surface area (TPSA) is 74.7 Å². The average molecular weight is 193 g/mol. The number of carbonyl (C=O) groups is 1. The fraction of sp³-hybridized carbons (Fsp3) is 0.833. The Kier molecular flexibility index (Phi) is 2.69. The summed E-state index contributed by atoms with van der Waals surface area (Å²) in [6.45, 7) is -0.424. The van der Waals surface area contributed by atoms with Gasteiger partial charge in [0.05, 0.1) is 18.9 Å². The highest BCUT2D eigenvalue weighted by atomic mass is 32.2. The van der Waals surface area contributed by atoms with Crippen LogP contribution in [0.3, 0.4) is 0 Å². The predicted octanol–water partition coefficient (Wildman–Crippen LogP) is -1.07. The number of nitrogens with zero attached hydrogens (tertiary/aromatic N) is 1. The van der Waals surface area contributed by atoms with Crippen molar-refractivity contribution >= 4 is 15.9 Å². The Bertz CT molecular complexity index is 271. The third kappa shape index (κ3) is 1.75. The summed E-state index contributed by atoms with van der Waals surface area (Å²) in [6.07, 6.45) is 0.655. The van der Waals surface area contributed by atoms with Crippen molar-refractivity contribution in [2.24, 2.45) is 0 Å². The van der Waals surface area contributed by atoms with E-state index in [4.69, 9.17) is 5.11 Å². The minimum absolute atomic E-state index is 0.0126. The van der Waals surface area contributed by atoms with E-state index >= 15 is 0 Å². The minimum atomic E-state index is -3.41. The van der Waals surface area contributed by atoms with Crippen molar-refractivity contribution in [3.8, 4) is 0 Å². The fourth-order valence-electron chi connectivity index (χ4n) is 1.15. The first-order chi connectivity index (χ1) is 5.58. The lowest BCUT2D eigenvalue weighted by Crippen LogP contribution is -2.43. The number of hydrogen-bond donors (Lipinski definition) is 1. The van der Waals surface area contributed by atoms with Crippen LogP contribution in [0.15, 0.2) is 0 Å². The normalized spacial score (nSPS) is 22.8. The zero-order valence-electron chi connectivity index (χ0n) is 6.56. The van der Waals surface area contributed by atoms with Gasteiger partial charge in [-0.1, -0.05) is 0 Å². The van der Waals surface area contributed by atoms with Crippen LogP contribution >= 0.6 is 0 Å². The minimum Gasteiger partial charge on any atom is -0.394 e. The Labute approximate surface area is 71.0 Å². The maximum Gasteiger partial charge on any atom is 0.237 e. The number of rotatable bonds is 2. The van der Waals surface area contributed by atoms with Crippen LogP contribution in [0.4, 0.5) is 0 Å².